The average Bonchev–Trinajstić information content (AvgIpc) is 2.89. The smallest absolute Gasteiger partial charge is 0.273 e. The summed E-state index contributed by atoms with van der Waals surface area (Å²) in [5.74, 6) is 0.710. The molecule has 0 saturated heterocycles. The molecular weight excluding hydrogens is 230 g/mol. The molecule has 0 aliphatic heterocycles. The van der Waals surface area contributed by atoms with Gasteiger partial charge in [0.2, 0.25) is 0 Å². The van der Waals surface area contributed by atoms with Gasteiger partial charge in [-0.1, -0.05) is 12.8 Å². The molecule has 0 amide bonds. The molecule has 1 saturated carbocycles. The number of nitrogens with one attached hydrogen (secondary N) is 2. The minimum atomic E-state index is -0.360. The maximum absolute atomic E-state index is 10.8. The van der Waals surface area contributed by atoms with Gasteiger partial charge in [0.05, 0.1) is 4.92 Å². The SMILES string of the molecule is CNc1cc(NCC2CCCC2)cc([N+](=O)[O-])c1. The molecule has 0 unspecified atom stereocenters. The highest BCUT2D eigenvalue weighted by Crippen LogP contribution is 2.27. The lowest BCUT2D eigenvalue weighted by molar-refractivity contribution is -0.384. The summed E-state index contributed by atoms with van der Waals surface area (Å²) in [6.45, 7) is 0.907. The molecule has 0 atom stereocenters. The largest absolute Gasteiger partial charge is 0.388 e. The van der Waals surface area contributed by atoms with Gasteiger partial charge < -0.3 is 10.6 Å². The standard InChI is InChI=1S/C13H19N3O2/c1-14-11-6-12(8-13(7-11)16(17)18)15-9-10-4-2-3-5-10/h6-8,10,14-15H,2-5,9H2,1H3. The Morgan fingerprint density at radius 2 is 1.94 bits per heavy atom. The predicted octanol–water partition coefficient (Wildman–Crippen LogP) is 3.24. The maximum atomic E-state index is 10.8. The van der Waals surface area contributed by atoms with Crippen molar-refractivity contribution >= 4 is 17.1 Å². The second kappa shape index (κ2) is 5.71. The first-order valence-electron chi connectivity index (χ1n) is 6.40. The van der Waals surface area contributed by atoms with Crippen LogP contribution in [0.1, 0.15) is 25.7 Å². The summed E-state index contributed by atoms with van der Waals surface area (Å²) in [6.07, 6.45) is 5.15. The predicted molar refractivity (Wildman–Crippen MR) is 73.1 cm³/mol. The first-order chi connectivity index (χ1) is 8.69. The molecule has 5 heteroatoms. The van der Waals surface area contributed by atoms with Gasteiger partial charge in [0.15, 0.2) is 0 Å². The highest BCUT2D eigenvalue weighted by Gasteiger charge is 2.15. The summed E-state index contributed by atoms with van der Waals surface area (Å²) in [7, 11) is 1.76. The average molecular weight is 249 g/mol. The van der Waals surface area contributed by atoms with E-state index in [1.54, 1.807) is 19.2 Å². The van der Waals surface area contributed by atoms with Crippen molar-refractivity contribution in [3.05, 3.63) is 28.3 Å². The van der Waals surface area contributed by atoms with Gasteiger partial charge >= 0.3 is 0 Å². The van der Waals surface area contributed by atoms with E-state index < -0.39 is 0 Å². The van der Waals surface area contributed by atoms with Crippen LogP contribution in [0.2, 0.25) is 0 Å². The number of nitro groups is 1. The zero-order chi connectivity index (χ0) is 13.0. The van der Waals surface area contributed by atoms with Gasteiger partial charge in [0.1, 0.15) is 0 Å². The van der Waals surface area contributed by atoms with E-state index in [0.29, 0.717) is 5.92 Å². The van der Waals surface area contributed by atoms with Crippen LogP contribution < -0.4 is 10.6 Å². The van der Waals surface area contributed by atoms with Gasteiger partial charge in [-0.3, -0.25) is 10.1 Å². The molecule has 1 fully saturated rings. The van der Waals surface area contributed by atoms with Crippen molar-refractivity contribution in [1.82, 2.24) is 0 Å². The third kappa shape index (κ3) is 3.12. The van der Waals surface area contributed by atoms with Gasteiger partial charge in [0, 0.05) is 37.1 Å². The Kier molecular flexibility index (Phi) is 4.02. The second-order valence-corrected chi connectivity index (χ2v) is 4.81. The van der Waals surface area contributed by atoms with E-state index in [1.165, 1.54) is 25.7 Å². The van der Waals surface area contributed by atoms with E-state index in [0.717, 1.165) is 17.9 Å². The molecule has 1 aliphatic carbocycles. The van der Waals surface area contributed by atoms with Gasteiger partial charge in [-0.2, -0.15) is 0 Å². The Bertz CT molecular complexity index is 428. The molecule has 1 aromatic rings. The van der Waals surface area contributed by atoms with Crippen LogP contribution >= 0.6 is 0 Å². The maximum Gasteiger partial charge on any atom is 0.273 e. The minimum Gasteiger partial charge on any atom is -0.388 e. The number of benzene rings is 1. The van der Waals surface area contributed by atoms with Crippen LogP contribution in [-0.2, 0) is 0 Å². The number of rotatable bonds is 5. The van der Waals surface area contributed by atoms with Crippen molar-refractivity contribution in [3.8, 4) is 0 Å². The van der Waals surface area contributed by atoms with Crippen LogP contribution in [0, 0.1) is 16.0 Å². The zero-order valence-corrected chi connectivity index (χ0v) is 10.6. The van der Waals surface area contributed by atoms with Crippen LogP contribution in [-0.4, -0.2) is 18.5 Å². The Balaban J connectivity index is 2.05. The molecule has 98 valence electrons. The van der Waals surface area contributed by atoms with Crippen molar-refractivity contribution in [2.75, 3.05) is 24.2 Å². The summed E-state index contributed by atoms with van der Waals surface area (Å²) in [4.78, 5) is 10.5. The van der Waals surface area contributed by atoms with Crippen LogP contribution in [0.4, 0.5) is 17.1 Å². The third-order valence-electron chi connectivity index (χ3n) is 3.49. The van der Waals surface area contributed by atoms with Crippen molar-refractivity contribution in [2.24, 2.45) is 5.92 Å². The summed E-state index contributed by atoms with van der Waals surface area (Å²) in [6, 6.07) is 5.04. The number of hydrogen-bond acceptors (Lipinski definition) is 4. The molecule has 0 radical (unpaired) electrons. The third-order valence-corrected chi connectivity index (χ3v) is 3.49. The molecule has 1 aromatic carbocycles. The quantitative estimate of drug-likeness (QED) is 0.621. The molecule has 0 heterocycles. The Hall–Kier alpha value is -1.78. The van der Waals surface area contributed by atoms with Gasteiger partial charge in [-0.15, -0.1) is 0 Å². The Morgan fingerprint density at radius 3 is 2.56 bits per heavy atom. The van der Waals surface area contributed by atoms with Crippen LogP contribution in [0.5, 0.6) is 0 Å². The Morgan fingerprint density at radius 1 is 1.28 bits per heavy atom. The van der Waals surface area contributed by atoms with Gasteiger partial charge in [0.25, 0.3) is 5.69 Å². The van der Waals surface area contributed by atoms with Crippen LogP contribution in [0.25, 0.3) is 0 Å². The summed E-state index contributed by atoms with van der Waals surface area (Å²) >= 11 is 0. The molecule has 18 heavy (non-hydrogen) atoms. The normalized spacial score (nSPS) is 15.6. The van der Waals surface area contributed by atoms with Crippen molar-refractivity contribution in [2.45, 2.75) is 25.7 Å². The number of hydrogen-bond donors (Lipinski definition) is 2. The molecule has 0 bridgehead atoms. The lowest BCUT2D eigenvalue weighted by Gasteiger charge is -2.12. The summed E-state index contributed by atoms with van der Waals surface area (Å²) in [5, 5.41) is 17.1. The number of non-ortho nitro benzene ring substituents is 1. The van der Waals surface area contributed by atoms with E-state index in [2.05, 4.69) is 10.6 Å². The molecule has 2 rings (SSSR count). The highest BCUT2D eigenvalue weighted by molar-refractivity contribution is 5.63. The Labute approximate surface area is 107 Å². The molecule has 1 aliphatic rings. The van der Waals surface area contributed by atoms with E-state index >= 15 is 0 Å². The highest BCUT2D eigenvalue weighted by atomic mass is 16.6. The summed E-state index contributed by atoms with van der Waals surface area (Å²) in [5.41, 5.74) is 1.70. The van der Waals surface area contributed by atoms with E-state index in [1.807, 2.05) is 6.07 Å². The first kappa shape index (κ1) is 12.7. The topological polar surface area (TPSA) is 67.2 Å². The number of nitrogens with zero attached hydrogens (tertiary/aromatic N) is 1. The fraction of sp³-hybridized carbons (Fsp3) is 0.538. The van der Waals surface area contributed by atoms with Crippen molar-refractivity contribution in [3.63, 3.8) is 0 Å². The molecule has 0 spiro atoms. The van der Waals surface area contributed by atoms with E-state index in [4.69, 9.17) is 0 Å². The zero-order valence-electron chi connectivity index (χ0n) is 10.6. The monoisotopic (exact) mass is 249 g/mol. The van der Waals surface area contributed by atoms with Crippen LogP contribution in [0.15, 0.2) is 18.2 Å². The second-order valence-electron chi connectivity index (χ2n) is 4.81. The lowest BCUT2D eigenvalue weighted by atomic mass is 10.1. The fourth-order valence-electron chi connectivity index (χ4n) is 2.44. The van der Waals surface area contributed by atoms with Crippen molar-refractivity contribution in [1.29, 1.82) is 0 Å². The molecule has 0 aromatic heterocycles. The first-order valence-corrected chi connectivity index (χ1v) is 6.40. The number of nitro benzene ring substituents is 1. The molecule has 2 N–H and O–H groups in total. The van der Waals surface area contributed by atoms with Crippen LogP contribution in [0.3, 0.4) is 0 Å². The van der Waals surface area contributed by atoms with Crippen molar-refractivity contribution < 1.29 is 4.92 Å². The molecule has 5 nitrogen and oxygen atoms in total. The van der Waals surface area contributed by atoms with Gasteiger partial charge in [-0.25, -0.2) is 0 Å². The number of anilines is 2. The molecular formula is C13H19N3O2. The fourth-order valence-corrected chi connectivity index (χ4v) is 2.44. The summed E-state index contributed by atoms with van der Waals surface area (Å²) < 4.78 is 0. The lowest BCUT2D eigenvalue weighted by Crippen LogP contribution is -2.11. The van der Waals surface area contributed by atoms with E-state index in [9.17, 15) is 10.1 Å². The minimum absolute atomic E-state index is 0.121. The van der Waals surface area contributed by atoms with Gasteiger partial charge in [-0.05, 0) is 24.8 Å². The van der Waals surface area contributed by atoms with E-state index in [-0.39, 0.29) is 10.6 Å².